The van der Waals surface area contributed by atoms with Crippen molar-refractivity contribution in [2.24, 2.45) is 56.1 Å². The number of benzene rings is 4. The van der Waals surface area contributed by atoms with E-state index in [4.69, 9.17) is 74.9 Å². The molecule has 11 aliphatic rings. The number of ether oxygens (including phenoxy) is 1. The molecule has 11 heterocycles. The van der Waals surface area contributed by atoms with Crippen molar-refractivity contribution in [3.8, 4) is 47.4 Å². The largest absolute Gasteiger partial charge is 0.456 e. The van der Waals surface area contributed by atoms with E-state index in [9.17, 15) is 19.2 Å². The third-order valence-electron chi connectivity index (χ3n) is 19.5. The summed E-state index contributed by atoms with van der Waals surface area (Å²) in [6.45, 7) is 9.15. The van der Waals surface area contributed by atoms with Crippen LogP contribution in [0.25, 0.3) is 0 Å². The number of likely N-dealkylation sites (tertiary alicyclic amines) is 4. The SMILES string of the molecule is CN1CCN(C(=O)N2CCC3C(C#Cc4cccc(Cl)c4)=NOC32)CC1.Cc1ccc(C(=O)N2CCC3C(C#Cc4cccc(Cl)c4)=NOC32)o1.O=C(C1CCCC1)N1CCC2C(C#Cc3cccc(Cl)c3)=NOC21.O=C(C1CCOCC1)N1CCC2C(C#Cc3cccc(Cl)c3)=NOC21. The second kappa shape index (κ2) is 32.1. The predicted octanol–water partition coefficient (Wildman–Crippen LogP) is 11.7. The normalized spacial score (nSPS) is 24.4. The van der Waals surface area contributed by atoms with Gasteiger partial charge in [-0.3, -0.25) is 24.2 Å². The third-order valence-corrected chi connectivity index (χ3v) is 20.4. The molecule has 5 aromatic rings. The van der Waals surface area contributed by atoms with Crippen LogP contribution in [-0.4, -0.2) is 174 Å². The Hall–Kier alpha value is -8.96. The number of amides is 5. The molecular weight excluding hydrogens is 1350 g/mol. The zero-order valence-electron chi connectivity index (χ0n) is 55.4. The number of hydrogen-bond donors (Lipinski definition) is 0. The Morgan fingerprint density at radius 2 is 0.780 bits per heavy atom. The zero-order chi connectivity index (χ0) is 69.2. The van der Waals surface area contributed by atoms with Crippen LogP contribution in [0.1, 0.15) is 103 Å². The molecular formula is C76H74Cl4N10O10. The highest BCUT2D eigenvalue weighted by Crippen LogP contribution is 2.38. The smallest absolute Gasteiger partial charge is 0.323 e. The highest BCUT2D eigenvalue weighted by atomic mass is 35.5. The number of carbonyl (C=O) groups excluding carboxylic acids is 4. The number of likely N-dealkylation sites (N-methyl/N-ethyl adjacent to an activating group) is 1. The number of urea groups is 1. The molecule has 0 radical (unpaired) electrons. The Labute approximate surface area is 601 Å². The van der Waals surface area contributed by atoms with Crippen LogP contribution in [0.5, 0.6) is 0 Å². The van der Waals surface area contributed by atoms with Gasteiger partial charge < -0.3 is 48.1 Å². The highest BCUT2D eigenvalue weighted by molar-refractivity contribution is 6.31. The van der Waals surface area contributed by atoms with E-state index in [0.29, 0.717) is 81.6 Å². The average molecular weight is 1430 g/mol. The summed E-state index contributed by atoms with van der Waals surface area (Å²) in [5.74, 6) is 26.3. The van der Waals surface area contributed by atoms with E-state index in [-0.39, 0.29) is 77.9 Å². The van der Waals surface area contributed by atoms with Crippen LogP contribution < -0.4 is 0 Å². The summed E-state index contributed by atoms with van der Waals surface area (Å²) in [6, 6.07) is 33.1. The zero-order valence-corrected chi connectivity index (χ0v) is 58.4. The van der Waals surface area contributed by atoms with Crippen LogP contribution in [0.15, 0.2) is 134 Å². The van der Waals surface area contributed by atoms with Gasteiger partial charge in [0.05, 0.1) is 23.7 Å². The van der Waals surface area contributed by atoms with Gasteiger partial charge in [0, 0.05) is 120 Å². The van der Waals surface area contributed by atoms with Crippen LogP contribution in [0.4, 0.5) is 4.79 Å². The van der Waals surface area contributed by atoms with Gasteiger partial charge in [-0.05, 0) is 174 Å². The van der Waals surface area contributed by atoms with Gasteiger partial charge in [0.1, 0.15) is 28.6 Å². The number of oxime groups is 4. The van der Waals surface area contributed by atoms with Crippen LogP contribution >= 0.6 is 46.4 Å². The molecule has 0 spiro atoms. The molecule has 1 aromatic heterocycles. The summed E-state index contributed by atoms with van der Waals surface area (Å²) in [5.41, 5.74) is 6.17. The number of furan rings is 1. The Balaban J connectivity index is 0.000000120. The number of carbonyl (C=O) groups is 4. The lowest BCUT2D eigenvalue weighted by Gasteiger charge is -2.35. The standard InChI is InChI=1S/C19H21ClN4O2.C19H15ClN2O3.C19H19ClN2O3.C19H19ClN2O2/c1-22-9-11-23(12-10-22)19(25)24-8-7-16-17(21-26-18(16)24)6-5-14-3-2-4-15(20)13-14;1-12-5-8-17(24-12)18(23)22-10-9-15-16(21-25-19(15)22)7-6-13-3-2-4-14(20)11-13;20-15-3-1-2-13(12-15)4-5-17-16-6-9-22(19(16)25-21-17)18(23)14-7-10-24-11-8-14;20-15-7-3-4-13(12-15)8-9-17-16-10-11-22(19(16)24-21-17)18(23)14-5-1-2-6-14/h2-4,13,16,18H,7-12H2,1H3;2-5,8,11,15,19H,9-10H2,1H3;1-3,12,14,16,19H,6-11H2;3-4,7,12,14,16,19H,1-2,5-6,10-11H2. The van der Waals surface area contributed by atoms with Crippen molar-refractivity contribution in [2.45, 2.75) is 96.0 Å². The lowest BCUT2D eigenvalue weighted by molar-refractivity contribution is -0.149. The first-order valence-electron chi connectivity index (χ1n) is 34.0. The van der Waals surface area contributed by atoms with Crippen molar-refractivity contribution in [2.75, 3.05) is 72.6 Å². The van der Waals surface area contributed by atoms with Crippen LogP contribution in [-0.2, 0) is 33.7 Å². The number of halogens is 4. The van der Waals surface area contributed by atoms with E-state index < -0.39 is 6.23 Å². The first-order chi connectivity index (χ1) is 48.7. The first kappa shape index (κ1) is 69.5. The predicted molar refractivity (Wildman–Crippen MR) is 380 cm³/mol. The number of fused-ring (bicyclic) bond motifs is 4. The van der Waals surface area contributed by atoms with Crippen molar-refractivity contribution in [1.82, 2.24) is 29.4 Å². The molecule has 6 saturated heterocycles. The first-order valence-corrected chi connectivity index (χ1v) is 35.5. The van der Waals surface area contributed by atoms with Crippen molar-refractivity contribution in [3.63, 3.8) is 0 Å². The van der Waals surface area contributed by atoms with Crippen LogP contribution in [0, 0.1) is 89.8 Å². The fourth-order valence-corrected chi connectivity index (χ4v) is 14.8. The van der Waals surface area contributed by atoms with Crippen LogP contribution in [0.3, 0.4) is 0 Å². The Bertz CT molecular complexity index is 4300. The molecule has 24 heteroatoms. The molecule has 20 nitrogen and oxygen atoms in total. The van der Waals surface area contributed by atoms with Gasteiger partial charge in [-0.25, -0.2) is 4.79 Å². The topological polar surface area (TPSA) is 196 Å². The van der Waals surface area contributed by atoms with Gasteiger partial charge in [-0.15, -0.1) is 0 Å². The van der Waals surface area contributed by atoms with Crippen molar-refractivity contribution < 1.29 is 47.7 Å². The lowest BCUT2D eigenvalue weighted by Crippen LogP contribution is -2.53. The number of piperazine rings is 1. The third kappa shape index (κ3) is 16.4. The quantitative estimate of drug-likeness (QED) is 0.156. The summed E-state index contributed by atoms with van der Waals surface area (Å²) < 4.78 is 10.8. The maximum absolute atomic E-state index is 12.8. The minimum Gasteiger partial charge on any atom is -0.456 e. The molecule has 5 amide bonds. The molecule has 8 unspecified atom stereocenters. The van der Waals surface area contributed by atoms with Gasteiger partial charge in [0.15, 0.2) is 5.76 Å². The number of nitrogens with zero attached hydrogens (tertiary/aromatic N) is 10. The maximum atomic E-state index is 12.8. The number of aryl methyl sites for hydroxylation is 1. The summed E-state index contributed by atoms with van der Waals surface area (Å²) in [4.78, 5) is 84.3. The van der Waals surface area contributed by atoms with Crippen molar-refractivity contribution in [3.05, 3.63) is 163 Å². The lowest BCUT2D eigenvalue weighted by atomic mass is 9.98. The van der Waals surface area contributed by atoms with Crippen LogP contribution in [0.2, 0.25) is 20.1 Å². The van der Waals surface area contributed by atoms with Gasteiger partial charge in [0.25, 0.3) is 5.91 Å². The minimum absolute atomic E-state index is 0.00769. The second-order valence-corrected chi connectivity index (χ2v) is 27.9. The Morgan fingerprint density at radius 3 is 1.16 bits per heavy atom. The molecule has 0 N–H and O–H groups in total. The average Bonchev–Trinajstić information content (AvgIpc) is 1.66. The van der Waals surface area contributed by atoms with Gasteiger partial charge in [0.2, 0.25) is 36.7 Å². The fraction of sp³-hybridized carbons (Fsp3) is 0.421. The summed E-state index contributed by atoms with van der Waals surface area (Å²) >= 11 is 23.9. The molecule has 0 bridgehead atoms. The van der Waals surface area contributed by atoms with Crippen molar-refractivity contribution in [1.29, 1.82) is 0 Å². The molecule has 4 aromatic carbocycles. The number of rotatable bonds is 3. The van der Waals surface area contributed by atoms with Gasteiger partial charge in [-0.1, -0.05) is 128 Å². The van der Waals surface area contributed by atoms with Gasteiger partial charge in [-0.2, -0.15) is 0 Å². The van der Waals surface area contributed by atoms with E-state index >= 15 is 0 Å². The molecule has 7 fully saturated rings. The fourth-order valence-electron chi connectivity index (χ4n) is 14.0. The number of hydrogen-bond acceptors (Lipinski definition) is 15. The molecule has 1 saturated carbocycles. The molecule has 100 heavy (non-hydrogen) atoms. The van der Waals surface area contributed by atoms with E-state index in [1.807, 2.05) is 107 Å². The summed E-state index contributed by atoms with van der Waals surface area (Å²) in [5, 5.41) is 19.1. The van der Waals surface area contributed by atoms with E-state index in [1.165, 1.54) is 0 Å². The van der Waals surface area contributed by atoms with E-state index in [1.54, 1.807) is 34.1 Å². The molecule has 516 valence electrons. The molecule has 10 aliphatic heterocycles. The van der Waals surface area contributed by atoms with Crippen molar-refractivity contribution >= 4 is 93.0 Å². The molecule has 8 atom stereocenters. The summed E-state index contributed by atoms with van der Waals surface area (Å²) in [7, 11) is 2.08. The second-order valence-electron chi connectivity index (χ2n) is 26.1. The molecule has 16 rings (SSSR count). The summed E-state index contributed by atoms with van der Waals surface area (Å²) in [6.07, 6.45) is 7.89. The van der Waals surface area contributed by atoms with Gasteiger partial charge >= 0.3 is 6.03 Å². The van der Waals surface area contributed by atoms with E-state index in [0.717, 1.165) is 125 Å². The highest BCUT2D eigenvalue weighted by Gasteiger charge is 2.50. The van der Waals surface area contributed by atoms with E-state index in [2.05, 4.69) is 79.9 Å². The monoisotopic (exact) mass is 1430 g/mol. The molecule has 1 aliphatic carbocycles. The minimum atomic E-state index is -0.415. The Kier molecular flexibility index (Phi) is 22.3. The maximum Gasteiger partial charge on any atom is 0.323 e. The Morgan fingerprint density at radius 1 is 0.420 bits per heavy atom.